The molecule has 0 spiro atoms. The zero-order valence-corrected chi connectivity index (χ0v) is 11.9. The van der Waals surface area contributed by atoms with Gasteiger partial charge in [0, 0.05) is 17.8 Å². The van der Waals surface area contributed by atoms with Crippen molar-refractivity contribution in [3.63, 3.8) is 0 Å². The van der Waals surface area contributed by atoms with Gasteiger partial charge >= 0.3 is 0 Å². The fourth-order valence-corrected chi connectivity index (χ4v) is 2.04. The molecule has 0 bridgehead atoms. The average Bonchev–Trinajstić information content (AvgIpc) is 3.03. The molecule has 0 aliphatic heterocycles. The number of hydrogen-bond donors (Lipinski definition) is 1. The van der Waals surface area contributed by atoms with Crippen molar-refractivity contribution in [3.05, 3.63) is 77.7 Å². The Morgan fingerprint density at radius 2 is 1.96 bits per heavy atom. The zero-order chi connectivity index (χ0) is 16.2. The van der Waals surface area contributed by atoms with Gasteiger partial charge in [0.25, 0.3) is 5.91 Å². The van der Waals surface area contributed by atoms with Crippen LogP contribution in [0.3, 0.4) is 0 Å². The van der Waals surface area contributed by atoms with E-state index in [9.17, 15) is 9.18 Å². The molecule has 3 aromatic rings. The van der Waals surface area contributed by atoms with Crippen LogP contribution in [0.4, 0.5) is 10.2 Å². The fourth-order valence-electron chi connectivity index (χ4n) is 2.04. The van der Waals surface area contributed by atoms with Crippen LogP contribution >= 0.6 is 0 Å². The molecular formula is C17H11FN4O. The third-order valence-electron chi connectivity index (χ3n) is 3.18. The highest BCUT2D eigenvalue weighted by molar-refractivity contribution is 6.03. The Morgan fingerprint density at radius 3 is 2.65 bits per heavy atom. The Labute approximate surface area is 131 Å². The minimum atomic E-state index is -0.472. The van der Waals surface area contributed by atoms with Crippen LogP contribution in [0, 0.1) is 17.1 Å². The predicted octanol–water partition coefficient (Wildman–Crippen LogP) is 3.14. The molecule has 1 amide bonds. The van der Waals surface area contributed by atoms with E-state index >= 15 is 0 Å². The van der Waals surface area contributed by atoms with Crippen LogP contribution in [0.25, 0.3) is 5.69 Å². The first-order valence-electron chi connectivity index (χ1n) is 6.79. The lowest BCUT2D eigenvalue weighted by molar-refractivity contribution is 0.102. The maximum Gasteiger partial charge on any atom is 0.256 e. The van der Waals surface area contributed by atoms with Crippen LogP contribution in [-0.2, 0) is 0 Å². The first-order valence-corrected chi connectivity index (χ1v) is 6.79. The topological polar surface area (TPSA) is 70.7 Å². The standard InChI is InChI=1S/C17H11FN4O/c18-14-3-1-2-13(10-14)17(23)20-16-8-9-22(21-16)15-6-4-12(11-19)5-7-15/h1-10H,(H,20,21,23). The predicted molar refractivity (Wildman–Crippen MR) is 82.6 cm³/mol. The van der Waals surface area contributed by atoms with Crippen molar-refractivity contribution in [2.45, 2.75) is 0 Å². The number of benzene rings is 2. The molecular weight excluding hydrogens is 295 g/mol. The van der Waals surface area contributed by atoms with Crippen LogP contribution in [0.5, 0.6) is 0 Å². The summed E-state index contributed by atoms with van der Waals surface area (Å²) in [6.07, 6.45) is 1.68. The number of nitriles is 1. The average molecular weight is 306 g/mol. The minimum Gasteiger partial charge on any atom is -0.305 e. The normalized spacial score (nSPS) is 10.1. The van der Waals surface area contributed by atoms with Crippen LogP contribution in [0.15, 0.2) is 60.8 Å². The molecule has 0 saturated heterocycles. The van der Waals surface area contributed by atoms with E-state index in [1.165, 1.54) is 18.2 Å². The van der Waals surface area contributed by atoms with E-state index < -0.39 is 11.7 Å². The third kappa shape index (κ3) is 3.24. The molecule has 0 atom stereocenters. The number of halogens is 1. The molecule has 0 radical (unpaired) electrons. The Kier molecular flexibility index (Phi) is 3.85. The van der Waals surface area contributed by atoms with E-state index in [4.69, 9.17) is 5.26 Å². The summed E-state index contributed by atoms with van der Waals surface area (Å²) in [6, 6.07) is 16.0. The summed E-state index contributed by atoms with van der Waals surface area (Å²) >= 11 is 0. The van der Waals surface area contributed by atoms with Gasteiger partial charge in [-0.05, 0) is 42.5 Å². The quantitative estimate of drug-likeness (QED) is 0.808. The second-order valence-electron chi connectivity index (χ2n) is 4.77. The number of hydrogen-bond acceptors (Lipinski definition) is 3. The van der Waals surface area contributed by atoms with Crippen molar-refractivity contribution in [1.29, 1.82) is 5.26 Å². The number of nitrogens with one attached hydrogen (secondary N) is 1. The van der Waals surface area contributed by atoms with Crippen molar-refractivity contribution in [2.24, 2.45) is 0 Å². The molecule has 0 aliphatic carbocycles. The van der Waals surface area contributed by atoms with Crippen LogP contribution in [0.1, 0.15) is 15.9 Å². The van der Waals surface area contributed by atoms with Gasteiger partial charge in [0.15, 0.2) is 5.82 Å². The highest BCUT2D eigenvalue weighted by Crippen LogP contribution is 2.13. The molecule has 1 aromatic heterocycles. The molecule has 23 heavy (non-hydrogen) atoms. The molecule has 2 aromatic carbocycles. The summed E-state index contributed by atoms with van der Waals surface area (Å²) in [5, 5.41) is 15.6. The first-order chi connectivity index (χ1) is 11.2. The van der Waals surface area contributed by atoms with E-state index in [1.54, 1.807) is 41.2 Å². The lowest BCUT2D eigenvalue weighted by atomic mass is 10.2. The SMILES string of the molecule is N#Cc1ccc(-n2ccc(NC(=O)c3cccc(F)c3)n2)cc1. The maximum absolute atomic E-state index is 13.1. The van der Waals surface area contributed by atoms with Gasteiger partial charge in [-0.25, -0.2) is 9.07 Å². The second-order valence-corrected chi connectivity index (χ2v) is 4.77. The number of carbonyl (C=O) groups is 1. The molecule has 5 nitrogen and oxygen atoms in total. The summed E-state index contributed by atoms with van der Waals surface area (Å²) in [6.45, 7) is 0. The molecule has 0 fully saturated rings. The van der Waals surface area contributed by atoms with Crippen molar-refractivity contribution in [3.8, 4) is 11.8 Å². The highest BCUT2D eigenvalue weighted by atomic mass is 19.1. The van der Waals surface area contributed by atoms with Gasteiger partial charge in [-0.3, -0.25) is 4.79 Å². The molecule has 0 unspecified atom stereocenters. The van der Waals surface area contributed by atoms with Gasteiger partial charge in [0.1, 0.15) is 5.82 Å². The number of rotatable bonds is 3. The third-order valence-corrected chi connectivity index (χ3v) is 3.18. The Bertz CT molecular complexity index is 893. The number of anilines is 1. The number of amides is 1. The molecule has 3 rings (SSSR count). The van der Waals surface area contributed by atoms with Gasteiger partial charge in [0.2, 0.25) is 0 Å². The maximum atomic E-state index is 13.1. The lowest BCUT2D eigenvalue weighted by Gasteiger charge is -2.03. The molecule has 112 valence electrons. The summed E-state index contributed by atoms with van der Waals surface area (Å²) in [5.74, 6) is -0.557. The van der Waals surface area contributed by atoms with Crippen molar-refractivity contribution in [2.75, 3.05) is 5.32 Å². The van der Waals surface area contributed by atoms with Gasteiger partial charge in [0.05, 0.1) is 17.3 Å². The van der Waals surface area contributed by atoms with Gasteiger partial charge in [-0.15, -0.1) is 0 Å². The van der Waals surface area contributed by atoms with Crippen molar-refractivity contribution in [1.82, 2.24) is 9.78 Å². The number of nitrogens with zero attached hydrogens (tertiary/aromatic N) is 3. The Morgan fingerprint density at radius 1 is 1.17 bits per heavy atom. The number of carbonyl (C=O) groups excluding carboxylic acids is 1. The van der Waals surface area contributed by atoms with Crippen LogP contribution in [-0.4, -0.2) is 15.7 Å². The molecule has 0 saturated carbocycles. The first kappa shape index (κ1) is 14.5. The Balaban J connectivity index is 1.76. The lowest BCUT2D eigenvalue weighted by Crippen LogP contribution is -2.12. The summed E-state index contributed by atoms with van der Waals surface area (Å²) in [5.41, 5.74) is 1.54. The number of aromatic nitrogens is 2. The zero-order valence-electron chi connectivity index (χ0n) is 11.9. The fraction of sp³-hybridized carbons (Fsp3) is 0. The van der Waals surface area contributed by atoms with Crippen molar-refractivity contribution >= 4 is 11.7 Å². The van der Waals surface area contributed by atoms with Gasteiger partial charge < -0.3 is 5.32 Å². The second kappa shape index (κ2) is 6.12. The smallest absolute Gasteiger partial charge is 0.256 e. The summed E-state index contributed by atoms with van der Waals surface area (Å²) in [7, 11) is 0. The van der Waals surface area contributed by atoms with E-state index in [0.29, 0.717) is 11.4 Å². The largest absolute Gasteiger partial charge is 0.305 e. The van der Waals surface area contributed by atoms with E-state index in [2.05, 4.69) is 10.4 Å². The summed E-state index contributed by atoms with van der Waals surface area (Å²) < 4.78 is 14.7. The van der Waals surface area contributed by atoms with E-state index in [0.717, 1.165) is 11.8 Å². The Hall–Kier alpha value is -3.46. The van der Waals surface area contributed by atoms with Gasteiger partial charge in [-0.1, -0.05) is 6.07 Å². The minimum absolute atomic E-state index is 0.220. The molecule has 1 N–H and O–H groups in total. The van der Waals surface area contributed by atoms with E-state index in [1.807, 2.05) is 6.07 Å². The van der Waals surface area contributed by atoms with Gasteiger partial charge in [-0.2, -0.15) is 10.4 Å². The molecule has 0 aliphatic rings. The van der Waals surface area contributed by atoms with Crippen molar-refractivity contribution < 1.29 is 9.18 Å². The highest BCUT2D eigenvalue weighted by Gasteiger charge is 2.09. The van der Waals surface area contributed by atoms with Crippen LogP contribution < -0.4 is 5.32 Å². The van der Waals surface area contributed by atoms with E-state index in [-0.39, 0.29) is 5.56 Å². The van der Waals surface area contributed by atoms with Crippen LogP contribution in [0.2, 0.25) is 0 Å². The molecule has 1 heterocycles. The summed E-state index contributed by atoms with van der Waals surface area (Å²) in [4.78, 5) is 12.0. The molecule has 6 heteroatoms. The monoisotopic (exact) mass is 306 g/mol.